The second-order valence-electron chi connectivity index (χ2n) is 32.5. The van der Waals surface area contributed by atoms with E-state index in [0.717, 1.165) is 4.90 Å². The van der Waals surface area contributed by atoms with Crippen molar-refractivity contribution < 1.29 is 97.1 Å². The van der Waals surface area contributed by atoms with Gasteiger partial charge in [0.15, 0.2) is 0 Å². The number of hydrogen-bond acceptors (Lipinski definition) is 20. The summed E-state index contributed by atoms with van der Waals surface area (Å²) in [5, 5.41) is 71.3. The van der Waals surface area contributed by atoms with Crippen LogP contribution in [0.15, 0.2) is 85.2 Å². The first-order chi connectivity index (χ1) is 57.2. The number of phenolic OH excluding ortho intramolecular Hbond substituents is 1. The lowest BCUT2D eigenvalue weighted by Crippen LogP contribution is -2.62. The molecule has 15 atom stereocenters. The van der Waals surface area contributed by atoms with Crippen molar-refractivity contribution in [2.75, 3.05) is 19.6 Å². The molecule has 0 saturated carbocycles. The molecular formula is C83H118N18O20. The standard InChI is InChI=1S/C83H118N18O20/c1-42(2)32-57(72(109)94-61(37-50-41-88-55-21-13-11-19-53(50)55)75(112)97-63(34-44(5)6)81(118)100-30-16-23-65(100)78(115)89-46(8)83(120)121)92-71(108)56(22-14-15-29-84)90-80(117)69(47(9)102)99-77(114)58(33-43(3)4)96-79(116)66-24-17-31-101(66)82(119)64(39-68(105)106)98-73(110)59(35-48-25-27-51(103)28-26-48)93-74(111)60(36-49-40-87-54-20-12-10-18-52(49)54)95-76(113)62(38-67(86)104)91-70(107)45(7)85/h10-13,18-21,25-28,40-47,56-66,69,87-88,102-103H,14-17,22-24,29-39,84-85H2,1-9H3,(H2,86,104)(H,89,115)(H,90,117)(H,91,107)(H,92,108)(H,93,111)(H,94,109)(H,95,113)(H,96,116)(H,97,112)(H,98,110)(H,99,114)(H,105,106)(H,120,121)/t45-,46-,47+,56-,57-,58-,59-,60-,61-,62-,63-,64-,65-,66-,69-/m0/s1. The topological polar surface area (TPSA) is 602 Å². The third kappa shape index (κ3) is 28.3. The molecule has 0 aliphatic carbocycles. The van der Waals surface area contributed by atoms with E-state index in [0.29, 0.717) is 51.3 Å². The van der Waals surface area contributed by atoms with Gasteiger partial charge in [0.2, 0.25) is 82.7 Å². The number of likely N-dealkylation sites (tertiary alicyclic amines) is 2. The van der Waals surface area contributed by atoms with Gasteiger partial charge in [-0.2, -0.15) is 0 Å². The molecular weight excluding hydrogens is 1570 g/mol. The Bertz CT molecular complexity index is 4510. The fraction of sp³-hybridized carbons (Fsp3) is 0.542. The van der Waals surface area contributed by atoms with E-state index in [2.05, 4.69) is 68.5 Å². The molecule has 38 heteroatoms. The average molecular weight is 1690 g/mol. The van der Waals surface area contributed by atoms with E-state index >= 15 is 0 Å². The highest BCUT2D eigenvalue weighted by molar-refractivity contribution is 6.02. The third-order valence-electron chi connectivity index (χ3n) is 21.0. The monoisotopic (exact) mass is 1690 g/mol. The number of phenols is 1. The molecule has 0 spiro atoms. The summed E-state index contributed by atoms with van der Waals surface area (Å²) >= 11 is 0. The Labute approximate surface area is 700 Å². The van der Waals surface area contributed by atoms with E-state index < -0.39 is 198 Å². The number of carbonyl (C=O) groups is 16. The van der Waals surface area contributed by atoms with Gasteiger partial charge in [-0.05, 0) is 150 Å². The van der Waals surface area contributed by atoms with Crippen molar-refractivity contribution in [3.05, 3.63) is 102 Å². The molecule has 23 N–H and O–H groups in total. The minimum atomic E-state index is -1.94. The maximum atomic E-state index is 14.9. The molecule has 0 unspecified atom stereocenters. The number of para-hydroxylation sites is 2. The highest BCUT2D eigenvalue weighted by atomic mass is 16.4. The lowest BCUT2D eigenvalue weighted by molar-refractivity contribution is -0.146. The number of primary amides is 1. The molecule has 2 aliphatic heterocycles. The van der Waals surface area contributed by atoms with E-state index in [1.165, 1.54) is 49.9 Å². The molecule has 4 heterocycles. The molecule has 5 aromatic rings. The van der Waals surface area contributed by atoms with Crippen molar-refractivity contribution in [1.82, 2.24) is 78.3 Å². The zero-order valence-corrected chi connectivity index (χ0v) is 69.7. The summed E-state index contributed by atoms with van der Waals surface area (Å²) in [4.78, 5) is 233. The Kier molecular flexibility index (Phi) is 36.0. The van der Waals surface area contributed by atoms with Crippen LogP contribution in [0.25, 0.3) is 21.8 Å². The molecule has 2 fully saturated rings. The van der Waals surface area contributed by atoms with Gasteiger partial charge in [-0.15, -0.1) is 0 Å². The zero-order chi connectivity index (χ0) is 89.2. The summed E-state index contributed by atoms with van der Waals surface area (Å²) in [6, 6.07) is -0.974. The van der Waals surface area contributed by atoms with Gasteiger partial charge in [-0.1, -0.05) is 90.1 Å². The first-order valence-electron chi connectivity index (χ1n) is 40.9. The van der Waals surface area contributed by atoms with Crippen molar-refractivity contribution in [1.29, 1.82) is 0 Å². The Morgan fingerprint density at radius 3 is 1.33 bits per heavy atom. The molecule has 0 radical (unpaired) electrons. The molecule has 3 aromatic carbocycles. The van der Waals surface area contributed by atoms with E-state index in [1.807, 2.05) is 26.0 Å². The van der Waals surface area contributed by atoms with Crippen LogP contribution in [-0.2, 0) is 96.0 Å². The van der Waals surface area contributed by atoms with Gasteiger partial charge >= 0.3 is 11.9 Å². The molecule has 14 amide bonds. The van der Waals surface area contributed by atoms with Crippen molar-refractivity contribution in [3.63, 3.8) is 0 Å². The molecule has 2 saturated heterocycles. The van der Waals surface area contributed by atoms with Crippen molar-refractivity contribution in [3.8, 4) is 5.75 Å². The third-order valence-corrected chi connectivity index (χ3v) is 21.0. The predicted octanol–water partition coefficient (Wildman–Crippen LogP) is -0.853. The van der Waals surface area contributed by atoms with Crippen LogP contribution >= 0.6 is 0 Å². The second kappa shape index (κ2) is 45.4. The lowest BCUT2D eigenvalue weighted by Gasteiger charge is -2.31. The maximum Gasteiger partial charge on any atom is 0.325 e. The number of benzene rings is 3. The summed E-state index contributed by atoms with van der Waals surface area (Å²) in [6.07, 6.45) is 0.197. The average Bonchev–Trinajstić information content (AvgIpc) is 1.73. The number of rotatable bonds is 46. The minimum Gasteiger partial charge on any atom is -0.508 e. The fourth-order valence-corrected chi connectivity index (χ4v) is 14.7. The van der Waals surface area contributed by atoms with Crippen LogP contribution in [0.2, 0.25) is 0 Å². The number of nitrogens with two attached hydrogens (primary N) is 3. The first kappa shape index (κ1) is 96.1. The van der Waals surface area contributed by atoms with Crippen LogP contribution in [0.1, 0.15) is 156 Å². The number of fused-ring (bicyclic) bond motifs is 2. The smallest absolute Gasteiger partial charge is 0.325 e. The molecule has 0 bridgehead atoms. The van der Waals surface area contributed by atoms with E-state index in [9.17, 15) is 97.1 Å². The number of carbonyl (C=O) groups excluding carboxylic acids is 14. The van der Waals surface area contributed by atoms with Gasteiger partial charge in [-0.25, -0.2) is 0 Å². The lowest BCUT2D eigenvalue weighted by atomic mass is 9.98. The Hall–Kier alpha value is -12.1. The highest BCUT2D eigenvalue weighted by Crippen LogP contribution is 2.26. The van der Waals surface area contributed by atoms with Crippen LogP contribution in [0, 0.1) is 17.8 Å². The number of nitrogens with one attached hydrogen (secondary N) is 13. The van der Waals surface area contributed by atoms with Crippen LogP contribution < -0.4 is 75.7 Å². The van der Waals surface area contributed by atoms with Gasteiger partial charge < -0.3 is 116 Å². The highest BCUT2D eigenvalue weighted by Gasteiger charge is 2.44. The van der Waals surface area contributed by atoms with Crippen LogP contribution in [-0.4, -0.2) is 245 Å². The number of nitrogens with zero attached hydrogens (tertiary/aromatic N) is 2. The number of carboxylic acids is 2. The normalized spacial score (nSPS) is 17.2. The molecule has 121 heavy (non-hydrogen) atoms. The molecule has 660 valence electrons. The van der Waals surface area contributed by atoms with Gasteiger partial charge in [0.25, 0.3) is 0 Å². The van der Waals surface area contributed by atoms with Gasteiger partial charge in [-0.3, -0.25) is 76.7 Å². The summed E-state index contributed by atoms with van der Waals surface area (Å²) in [7, 11) is 0. The van der Waals surface area contributed by atoms with Gasteiger partial charge in [0.1, 0.15) is 84.3 Å². The van der Waals surface area contributed by atoms with Gasteiger partial charge in [0, 0.05) is 66.6 Å². The molecule has 38 nitrogen and oxygen atoms in total. The quantitative estimate of drug-likeness (QED) is 0.0211. The molecule has 2 aliphatic rings. The van der Waals surface area contributed by atoms with Crippen LogP contribution in [0.4, 0.5) is 0 Å². The predicted molar refractivity (Wildman–Crippen MR) is 442 cm³/mol. The number of aromatic hydroxyl groups is 1. The summed E-state index contributed by atoms with van der Waals surface area (Å²) < 4.78 is 0. The zero-order valence-electron chi connectivity index (χ0n) is 69.7. The van der Waals surface area contributed by atoms with Gasteiger partial charge in [0.05, 0.1) is 25.0 Å². The van der Waals surface area contributed by atoms with Crippen LogP contribution in [0.5, 0.6) is 5.75 Å². The van der Waals surface area contributed by atoms with Crippen molar-refractivity contribution in [2.24, 2.45) is 35.0 Å². The largest absolute Gasteiger partial charge is 0.508 e. The van der Waals surface area contributed by atoms with E-state index in [1.54, 1.807) is 76.5 Å². The van der Waals surface area contributed by atoms with Crippen LogP contribution in [0.3, 0.4) is 0 Å². The summed E-state index contributed by atoms with van der Waals surface area (Å²) in [5.74, 6) is -16.8. The van der Waals surface area contributed by atoms with Crippen molar-refractivity contribution >= 4 is 116 Å². The number of hydrogen-bond donors (Lipinski definition) is 20. The minimum absolute atomic E-state index is 0.0204. The maximum absolute atomic E-state index is 14.9. The number of H-pyrrole nitrogens is 2. The Morgan fingerprint density at radius 1 is 0.455 bits per heavy atom. The number of carboxylic acid groups (broad SMARTS) is 2. The summed E-state index contributed by atoms with van der Waals surface area (Å²) in [6.45, 7) is 14.6. The Balaban J connectivity index is 1.08. The van der Waals surface area contributed by atoms with E-state index in [-0.39, 0.29) is 114 Å². The number of unbranched alkanes of at least 4 members (excludes halogenated alkanes) is 1. The number of aliphatic carboxylic acids is 2. The van der Waals surface area contributed by atoms with Crippen molar-refractivity contribution in [2.45, 2.75) is 249 Å². The fourth-order valence-electron chi connectivity index (χ4n) is 14.7. The summed E-state index contributed by atoms with van der Waals surface area (Å²) in [5.41, 5.74) is 19.9. The van der Waals surface area contributed by atoms with E-state index in [4.69, 9.17) is 17.2 Å². The number of aliphatic hydroxyl groups excluding tert-OH is 1. The molecule has 2 aromatic heterocycles. The number of aromatic nitrogens is 2. The molecule has 7 rings (SSSR count). The first-order valence-corrected chi connectivity index (χ1v) is 40.9. The second-order valence-corrected chi connectivity index (χ2v) is 32.5. The number of amides is 14. The number of aliphatic hydroxyl groups is 1. The number of aromatic amines is 2. The SMILES string of the molecule is CC(C)C[C@H](NC(=O)[C@H](CCCCN)NC(=O)[C@@H](NC(=O)[C@H](CC(C)C)NC(=O)[C@@H]1CCCN1C(=O)[C@H](CC(=O)O)NC(=O)[C@H](Cc1ccc(O)cc1)NC(=O)[C@H](Cc1c[nH]c2ccccc12)NC(=O)[C@H](CC(N)=O)NC(=O)[C@H](C)N)[C@@H](C)O)C(=O)N[C@@H](Cc1c[nH]c2ccccc12)C(=O)N[C@@H](CC(C)C)C(=O)N1CCC[C@H]1C(=O)N[C@@H](C)C(=O)O. The Morgan fingerprint density at radius 2 is 0.860 bits per heavy atom.